The molecule has 3 rings (SSSR count). The Morgan fingerprint density at radius 3 is 2.71 bits per heavy atom. The molecule has 0 saturated heterocycles. The van der Waals surface area contributed by atoms with Crippen LogP contribution in [-0.2, 0) is 6.54 Å². The zero-order valence-corrected chi connectivity index (χ0v) is 11.6. The second-order valence-electron chi connectivity index (χ2n) is 4.45. The summed E-state index contributed by atoms with van der Waals surface area (Å²) in [5.41, 5.74) is 6.72. The molecule has 0 unspecified atom stereocenters. The normalized spacial score (nSPS) is 10.5. The maximum atomic E-state index is 5.83. The molecule has 2 heterocycles. The van der Waals surface area contributed by atoms with E-state index in [2.05, 4.69) is 15.1 Å². The molecule has 2 aromatic heterocycles. The fourth-order valence-electron chi connectivity index (χ4n) is 1.90. The first kappa shape index (κ1) is 13.1. The van der Waals surface area contributed by atoms with Crippen LogP contribution in [0.3, 0.4) is 0 Å². The maximum Gasteiger partial charge on any atom is 0.225 e. The molecular formula is C15H15N5O. The molecule has 2 N–H and O–H groups in total. The van der Waals surface area contributed by atoms with E-state index >= 15 is 0 Å². The summed E-state index contributed by atoms with van der Waals surface area (Å²) in [5.74, 6) is 1.92. The molecular weight excluding hydrogens is 266 g/mol. The van der Waals surface area contributed by atoms with Crippen LogP contribution in [0.25, 0.3) is 11.4 Å². The number of hydrogen-bond acceptors (Lipinski definition) is 5. The highest BCUT2D eigenvalue weighted by molar-refractivity contribution is 5.57. The third-order valence-corrected chi connectivity index (χ3v) is 2.91. The predicted octanol–water partition coefficient (Wildman–Crippen LogP) is 2.73. The van der Waals surface area contributed by atoms with Gasteiger partial charge in [-0.25, -0.2) is 4.98 Å². The molecule has 0 radical (unpaired) electrons. The van der Waals surface area contributed by atoms with Gasteiger partial charge in [0.15, 0.2) is 11.6 Å². The van der Waals surface area contributed by atoms with Gasteiger partial charge in [0, 0.05) is 18.2 Å². The monoisotopic (exact) mass is 281 g/mol. The van der Waals surface area contributed by atoms with Gasteiger partial charge < -0.3 is 10.5 Å². The summed E-state index contributed by atoms with van der Waals surface area (Å²) < 4.78 is 7.47. The lowest BCUT2D eigenvalue weighted by Crippen LogP contribution is -1.98. The van der Waals surface area contributed by atoms with Gasteiger partial charge in [-0.05, 0) is 6.92 Å². The van der Waals surface area contributed by atoms with E-state index in [4.69, 9.17) is 10.5 Å². The molecule has 0 aliphatic heterocycles. The van der Waals surface area contributed by atoms with Crippen LogP contribution in [0, 0.1) is 0 Å². The van der Waals surface area contributed by atoms with Crippen LogP contribution in [0.4, 0.5) is 5.82 Å². The SMILES string of the molecule is CCn1cc(Oc2cc(N)nc(-c3ccccc3)n2)cn1. The molecule has 0 saturated carbocycles. The summed E-state index contributed by atoms with van der Waals surface area (Å²) in [6.45, 7) is 2.79. The lowest BCUT2D eigenvalue weighted by Gasteiger charge is -2.06. The molecule has 106 valence electrons. The standard InChI is InChI=1S/C15H15N5O/c1-2-20-10-12(9-17-20)21-14-8-13(16)18-15(19-14)11-6-4-3-5-7-11/h3-10H,2H2,1H3,(H2,16,18,19). The summed E-state index contributed by atoms with van der Waals surface area (Å²) in [7, 11) is 0. The van der Waals surface area contributed by atoms with Crippen molar-refractivity contribution in [3.63, 3.8) is 0 Å². The molecule has 0 amide bonds. The molecule has 0 spiro atoms. The average Bonchev–Trinajstić information content (AvgIpc) is 2.95. The van der Waals surface area contributed by atoms with Gasteiger partial charge in [0.1, 0.15) is 5.82 Å². The van der Waals surface area contributed by atoms with Crippen molar-refractivity contribution in [1.82, 2.24) is 19.7 Å². The molecule has 0 fully saturated rings. The molecule has 0 atom stereocenters. The van der Waals surface area contributed by atoms with Crippen molar-refractivity contribution in [2.75, 3.05) is 5.73 Å². The molecule has 0 aliphatic rings. The first-order valence-corrected chi connectivity index (χ1v) is 6.65. The van der Waals surface area contributed by atoms with Crippen LogP contribution in [0.1, 0.15) is 6.92 Å². The summed E-state index contributed by atoms with van der Waals surface area (Å²) in [5, 5.41) is 4.15. The average molecular weight is 281 g/mol. The number of ether oxygens (including phenoxy) is 1. The minimum Gasteiger partial charge on any atom is -0.436 e. The lowest BCUT2D eigenvalue weighted by molar-refractivity contribution is 0.461. The first-order valence-electron chi connectivity index (χ1n) is 6.65. The van der Waals surface area contributed by atoms with Crippen LogP contribution in [0.5, 0.6) is 11.6 Å². The van der Waals surface area contributed by atoms with Crippen LogP contribution in [-0.4, -0.2) is 19.7 Å². The van der Waals surface area contributed by atoms with Crippen molar-refractivity contribution in [1.29, 1.82) is 0 Å². The predicted molar refractivity (Wildman–Crippen MR) is 79.9 cm³/mol. The summed E-state index contributed by atoms with van der Waals surface area (Å²) in [4.78, 5) is 8.62. The van der Waals surface area contributed by atoms with E-state index in [1.54, 1.807) is 23.1 Å². The first-order chi connectivity index (χ1) is 10.2. The van der Waals surface area contributed by atoms with Gasteiger partial charge in [-0.3, -0.25) is 4.68 Å². The van der Waals surface area contributed by atoms with Crippen LogP contribution < -0.4 is 10.5 Å². The molecule has 3 aromatic rings. The zero-order chi connectivity index (χ0) is 14.7. The third kappa shape index (κ3) is 3.00. The zero-order valence-electron chi connectivity index (χ0n) is 11.6. The topological polar surface area (TPSA) is 78.9 Å². The number of aromatic nitrogens is 4. The van der Waals surface area contributed by atoms with Crippen molar-refractivity contribution in [3.05, 3.63) is 48.8 Å². The largest absolute Gasteiger partial charge is 0.436 e. The Kier molecular flexibility index (Phi) is 3.51. The maximum absolute atomic E-state index is 5.83. The van der Waals surface area contributed by atoms with E-state index in [0.717, 1.165) is 12.1 Å². The Balaban J connectivity index is 1.91. The van der Waals surface area contributed by atoms with Gasteiger partial charge >= 0.3 is 0 Å². The number of anilines is 1. The summed E-state index contributed by atoms with van der Waals surface area (Å²) in [6, 6.07) is 11.2. The van der Waals surface area contributed by atoms with Crippen molar-refractivity contribution in [2.24, 2.45) is 0 Å². The molecule has 6 heteroatoms. The van der Waals surface area contributed by atoms with E-state index in [1.807, 2.05) is 37.3 Å². The van der Waals surface area contributed by atoms with Gasteiger partial charge in [0.05, 0.1) is 12.4 Å². The van der Waals surface area contributed by atoms with Gasteiger partial charge in [0.25, 0.3) is 0 Å². The Morgan fingerprint density at radius 1 is 1.19 bits per heavy atom. The fraction of sp³-hybridized carbons (Fsp3) is 0.133. The number of nitrogens with two attached hydrogens (primary N) is 1. The van der Waals surface area contributed by atoms with Crippen molar-refractivity contribution in [3.8, 4) is 23.0 Å². The van der Waals surface area contributed by atoms with Crippen molar-refractivity contribution >= 4 is 5.82 Å². The minimum absolute atomic E-state index is 0.363. The molecule has 21 heavy (non-hydrogen) atoms. The molecule has 0 aliphatic carbocycles. The molecule has 6 nitrogen and oxygen atoms in total. The van der Waals surface area contributed by atoms with Crippen LogP contribution in [0.2, 0.25) is 0 Å². The highest BCUT2D eigenvalue weighted by Crippen LogP contribution is 2.23. The van der Waals surface area contributed by atoms with Crippen molar-refractivity contribution < 1.29 is 4.74 Å². The van der Waals surface area contributed by atoms with Crippen LogP contribution >= 0.6 is 0 Å². The van der Waals surface area contributed by atoms with Gasteiger partial charge in [-0.2, -0.15) is 10.1 Å². The van der Waals surface area contributed by atoms with Crippen LogP contribution in [0.15, 0.2) is 48.8 Å². The van der Waals surface area contributed by atoms with E-state index in [0.29, 0.717) is 23.3 Å². The highest BCUT2D eigenvalue weighted by Gasteiger charge is 2.08. The third-order valence-electron chi connectivity index (χ3n) is 2.91. The Labute approximate surface area is 122 Å². The van der Waals surface area contributed by atoms with Crippen molar-refractivity contribution in [2.45, 2.75) is 13.5 Å². The number of nitrogen functional groups attached to an aromatic ring is 1. The van der Waals surface area contributed by atoms with E-state index in [1.165, 1.54) is 0 Å². The number of aryl methyl sites for hydroxylation is 1. The number of rotatable bonds is 4. The number of nitrogens with zero attached hydrogens (tertiary/aromatic N) is 4. The Morgan fingerprint density at radius 2 is 2.00 bits per heavy atom. The molecule has 0 bridgehead atoms. The number of hydrogen-bond donors (Lipinski definition) is 1. The quantitative estimate of drug-likeness (QED) is 0.795. The smallest absolute Gasteiger partial charge is 0.225 e. The fourth-order valence-corrected chi connectivity index (χ4v) is 1.90. The van der Waals surface area contributed by atoms with Gasteiger partial charge in [0.2, 0.25) is 5.88 Å². The lowest BCUT2D eigenvalue weighted by atomic mass is 10.2. The second-order valence-corrected chi connectivity index (χ2v) is 4.45. The van der Waals surface area contributed by atoms with E-state index < -0.39 is 0 Å². The summed E-state index contributed by atoms with van der Waals surface area (Å²) >= 11 is 0. The molecule has 1 aromatic carbocycles. The Hall–Kier alpha value is -2.89. The second kappa shape index (κ2) is 5.62. The van der Waals surface area contributed by atoms with E-state index in [9.17, 15) is 0 Å². The number of benzene rings is 1. The summed E-state index contributed by atoms with van der Waals surface area (Å²) in [6.07, 6.45) is 3.45. The van der Waals surface area contributed by atoms with E-state index in [-0.39, 0.29) is 0 Å². The Bertz CT molecular complexity index is 739. The highest BCUT2D eigenvalue weighted by atomic mass is 16.5. The minimum atomic E-state index is 0.363. The van der Waals surface area contributed by atoms with Gasteiger partial charge in [-0.15, -0.1) is 0 Å². The van der Waals surface area contributed by atoms with Gasteiger partial charge in [-0.1, -0.05) is 30.3 Å².